The minimum Gasteiger partial charge on any atom is -0.444 e. The van der Waals surface area contributed by atoms with Gasteiger partial charge in [0.25, 0.3) is 0 Å². The minimum absolute atomic E-state index is 0.0358. The largest absolute Gasteiger partial charge is 0.444 e. The number of nitrogens with one attached hydrogen (secondary N) is 1. The average Bonchev–Trinajstić information content (AvgIpc) is 2.53. The molecule has 11 heteroatoms. The van der Waals surface area contributed by atoms with E-state index in [0.717, 1.165) is 6.20 Å². The quantitative estimate of drug-likeness (QED) is 0.391. The molecule has 2 aromatic rings. The molecule has 3 rings (SSSR count). The van der Waals surface area contributed by atoms with Crippen molar-refractivity contribution in [1.29, 1.82) is 0 Å². The molecule has 0 saturated carbocycles. The summed E-state index contributed by atoms with van der Waals surface area (Å²) in [6.45, 7) is 5.89. The summed E-state index contributed by atoms with van der Waals surface area (Å²) in [4.78, 5) is 28.2. The van der Waals surface area contributed by atoms with Crippen molar-refractivity contribution < 1.29 is 18.8 Å². The van der Waals surface area contributed by atoms with E-state index in [-0.39, 0.29) is 37.8 Å². The lowest BCUT2D eigenvalue weighted by Crippen LogP contribution is -2.58. The van der Waals surface area contributed by atoms with Gasteiger partial charge >= 0.3 is 11.8 Å². The van der Waals surface area contributed by atoms with Gasteiger partial charge in [0.2, 0.25) is 0 Å². The van der Waals surface area contributed by atoms with Crippen LogP contribution in [0, 0.1) is 15.9 Å². The SMILES string of the molecule is CC(C)(C)OC(=O)N1CC(Nc2c([N+](=O)[O-])cnc3c(F)c(Br)c(Cl)cc23)C1. The van der Waals surface area contributed by atoms with Crippen molar-refractivity contribution in [3.8, 4) is 0 Å². The van der Waals surface area contributed by atoms with Gasteiger partial charge in [-0.15, -0.1) is 0 Å². The van der Waals surface area contributed by atoms with Crippen LogP contribution in [0.25, 0.3) is 10.9 Å². The highest BCUT2D eigenvalue weighted by atomic mass is 79.9. The number of hydrogen-bond acceptors (Lipinski definition) is 6. The Morgan fingerprint density at radius 3 is 2.71 bits per heavy atom. The van der Waals surface area contributed by atoms with Crippen LogP contribution in [0.1, 0.15) is 20.8 Å². The number of nitro groups is 1. The third-order valence-electron chi connectivity index (χ3n) is 4.06. The molecule has 1 aromatic heterocycles. The summed E-state index contributed by atoms with van der Waals surface area (Å²) in [6, 6.07) is 1.15. The maximum absolute atomic E-state index is 14.5. The first-order chi connectivity index (χ1) is 13.0. The van der Waals surface area contributed by atoms with E-state index in [0.29, 0.717) is 13.1 Å². The van der Waals surface area contributed by atoms with Gasteiger partial charge in [0.15, 0.2) is 5.82 Å². The Bertz CT molecular complexity index is 976. The number of aromatic nitrogens is 1. The fraction of sp³-hybridized carbons (Fsp3) is 0.412. The number of nitrogens with zero attached hydrogens (tertiary/aromatic N) is 3. The van der Waals surface area contributed by atoms with E-state index >= 15 is 0 Å². The zero-order valence-electron chi connectivity index (χ0n) is 15.3. The van der Waals surface area contributed by atoms with Crippen molar-refractivity contribution in [1.82, 2.24) is 9.88 Å². The Morgan fingerprint density at radius 2 is 2.14 bits per heavy atom. The van der Waals surface area contributed by atoms with E-state index in [1.54, 1.807) is 20.8 Å². The predicted octanol–water partition coefficient (Wildman–Crippen LogP) is 4.73. The monoisotopic (exact) mass is 474 g/mol. The van der Waals surface area contributed by atoms with Gasteiger partial charge in [0.05, 0.1) is 20.5 Å². The summed E-state index contributed by atoms with van der Waals surface area (Å²) >= 11 is 9.06. The maximum atomic E-state index is 14.5. The number of likely N-dealkylation sites (tertiary alicyclic amines) is 1. The maximum Gasteiger partial charge on any atom is 0.410 e. The van der Waals surface area contributed by atoms with Crippen molar-refractivity contribution >= 4 is 55.9 Å². The van der Waals surface area contributed by atoms with Gasteiger partial charge in [-0.25, -0.2) is 14.2 Å². The molecule has 0 unspecified atom stereocenters. The van der Waals surface area contributed by atoms with Crippen molar-refractivity contribution in [3.63, 3.8) is 0 Å². The van der Waals surface area contributed by atoms with Crippen LogP contribution in [0.4, 0.5) is 20.6 Å². The van der Waals surface area contributed by atoms with Crippen LogP contribution in [0.3, 0.4) is 0 Å². The lowest BCUT2D eigenvalue weighted by molar-refractivity contribution is -0.384. The molecule has 150 valence electrons. The summed E-state index contributed by atoms with van der Waals surface area (Å²) in [5.41, 5.74) is -0.858. The highest BCUT2D eigenvalue weighted by Gasteiger charge is 2.35. The van der Waals surface area contributed by atoms with Crippen LogP contribution in [0.2, 0.25) is 5.02 Å². The number of benzene rings is 1. The molecule has 0 aliphatic carbocycles. The Kier molecular flexibility index (Phi) is 5.37. The van der Waals surface area contributed by atoms with E-state index < -0.39 is 22.4 Å². The molecule has 8 nitrogen and oxygen atoms in total. The second-order valence-corrected chi connectivity index (χ2v) is 8.58. The highest BCUT2D eigenvalue weighted by Crippen LogP contribution is 2.39. The highest BCUT2D eigenvalue weighted by molar-refractivity contribution is 9.10. The Morgan fingerprint density at radius 1 is 1.50 bits per heavy atom. The molecule has 1 aliphatic heterocycles. The van der Waals surface area contributed by atoms with Crippen LogP contribution in [-0.2, 0) is 4.74 Å². The Balaban J connectivity index is 1.88. The van der Waals surface area contributed by atoms with Gasteiger partial charge in [-0.3, -0.25) is 10.1 Å². The molecule has 0 radical (unpaired) electrons. The van der Waals surface area contributed by atoms with E-state index in [4.69, 9.17) is 16.3 Å². The molecular formula is C17H17BrClFN4O4. The number of carbonyl (C=O) groups excluding carboxylic acids is 1. The van der Waals surface area contributed by atoms with Crippen LogP contribution < -0.4 is 5.32 Å². The predicted molar refractivity (Wildman–Crippen MR) is 106 cm³/mol. The number of pyridine rings is 1. The standard InChI is InChI=1S/C17H17BrClFN4O4/c1-17(2,3)28-16(25)23-6-8(7-23)22-14-9-4-10(19)12(18)13(20)15(9)21-5-11(14)24(26)27/h4-5,8H,6-7H2,1-3H3,(H,21,22). The third kappa shape index (κ3) is 3.97. The van der Waals surface area contributed by atoms with E-state index in [1.165, 1.54) is 11.0 Å². The van der Waals surface area contributed by atoms with Gasteiger partial charge in [0, 0.05) is 18.5 Å². The molecule has 1 saturated heterocycles. The molecule has 0 spiro atoms. The molecule has 1 N–H and O–H groups in total. The van der Waals surface area contributed by atoms with Gasteiger partial charge < -0.3 is 15.0 Å². The Labute approximate surface area is 173 Å². The van der Waals surface area contributed by atoms with Gasteiger partial charge in [0.1, 0.15) is 23.0 Å². The zero-order chi connectivity index (χ0) is 20.8. The van der Waals surface area contributed by atoms with E-state index in [9.17, 15) is 19.3 Å². The summed E-state index contributed by atoms with van der Waals surface area (Å²) in [7, 11) is 0. The summed E-state index contributed by atoms with van der Waals surface area (Å²) < 4.78 is 19.8. The van der Waals surface area contributed by atoms with Crippen LogP contribution in [-0.4, -0.2) is 45.6 Å². The number of halogens is 3. The van der Waals surface area contributed by atoms with Crippen LogP contribution in [0.15, 0.2) is 16.7 Å². The van der Waals surface area contributed by atoms with Crippen molar-refractivity contribution in [3.05, 3.63) is 37.7 Å². The summed E-state index contributed by atoms with van der Waals surface area (Å²) in [6.07, 6.45) is 0.538. The fourth-order valence-corrected chi connectivity index (χ4v) is 3.26. The van der Waals surface area contributed by atoms with Crippen LogP contribution >= 0.6 is 27.5 Å². The Hall–Kier alpha value is -2.20. The molecule has 2 heterocycles. The first-order valence-electron chi connectivity index (χ1n) is 8.33. The number of carbonyl (C=O) groups is 1. The molecule has 0 bridgehead atoms. The van der Waals surface area contributed by atoms with Gasteiger partial charge in [-0.2, -0.15) is 0 Å². The smallest absolute Gasteiger partial charge is 0.410 e. The van der Waals surface area contributed by atoms with Gasteiger partial charge in [-0.05, 0) is 42.8 Å². The van der Waals surface area contributed by atoms with E-state index in [1.807, 2.05) is 0 Å². The molecule has 28 heavy (non-hydrogen) atoms. The molecular weight excluding hydrogens is 459 g/mol. The number of anilines is 1. The lowest BCUT2D eigenvalue weighted by Gasteiger charge is -2.40. The van der Waals surface area contributed by atoms with Crippen molar-refractivity contribution in [2.45, 2.75) is 32.4 Å². The van der Waals surface area contributed by atoms with E-state index in [2.05, 4.69) is 26.2 Å². The molecule has 1 aromatic carbocycles. The lowest BCUT2D eigenvalue weighted by atomic mass is 10.1. The zero-order valence-corrected chi connectivity index (χ0v) is 17.6. The minimum atomic E-state index is -0.704. The summed E-state index contributed by atoms with van der Waals surface area (Å²) in [5, 5.41) is 14.7. The molecule has 1 amide bonds. The van der Waals surface area contributed by atoms with Crippen molar-refractivity contribution in [2.24, 2.45) is 0 Å². The average molecular weight is 476 g/mol. The first-order valence-corrected chi connectivity index (χ1v) is 9.50. The number of hydrogen-bond donors (Lipinski definition) is 1. The fourth-order valence-electron chi connectivity index (χ4n) is 2.77. The number of rotatable bonds is 3. The molecule has 0 atom stereocenters. The number of fused-ring (bicyclic) bond motifs is 1. The normalized spacial score (nSPS) is 14.7. The van der Waals surface area contributed by atoms with Gasteiger partial charge in [-0.1, -0.05) is 11.6 Å². The third-order valence-corrected chi connectivity index (χ3v) is 5.36. The molecule has 1 fully saturated rings. The van der Waals surface area contributed by atoms with Crippen molar-refractivity contribution in [2.75, 3.05) is 18.4 Å². The summed E-state index contributed by atoms with van der Waals surface area (Å²) in [5.74, 6) is -0.704. The second kappa shape index (κ2) is 7.32. The van der Waals surface area contributed by atoms with Crippen LogP contribution in [0.5, 0.6) is 0 Å². The molecule has 1 aliphatic rings. The number of amides is 1. The topological polar surface area (TPSA) is 97.6 Å². The second-order valence-electron chi connectivity index (χ2n) is 7.38. The number of ether oxygens (including phenoxy) is 1. The first kappa shape index (κ1) is 20.5.